The smallest absolute Gasteiger partial charge is 0.335 e. The number of rotatable bonds is 7. The van der Waals surface area contributed by atoms with Crippen molar-refractivity contribution in [1.82, 2.24) is 14.7 Å². The number of hydrogen-bond donors (Lipinski definition) is 3. The van der Waals surface area contributed by atoms with E-state index in [-0.39, 0.29) is 6.54 Å². The molecule has 10 heteroatoms. The van der Waals surface area contributed by atoms with Gasteiger partial charge in [0.15, 0.2) is 0 Å². The van der Waals surface area contributed by atoms with E-state index in [1.807, 2.05) is 0 Å². The summed E-state index contributed by atoms with van der Waals surface area (Å²) in [6.07, 6.45) is -1.61. The average molecular weight is 301 g/mol. The van der Waals surface area contributed by atoms with E-state index in [0.717, 1.165) is 11.1 Å². The molecule has 0 saturated carbocycles. The van der Waals surface area contributed by atoms with Crippen LogP contribution in [-0.2, 0) is 9.59 Å². The number of aliphatic hydroxyl groups excluding tert-OH is 1. The Kier molecular flexibility index (Phi) is 5.24. The fraction of sp³-hybridized carbons (Fsp3) is 0.455. The third kappa shape index (κ3) is 3.69. The van der Waals surface area contributed by atoms with Crippen molar-refractivity contribution in [2.75, 3.05) is 13.1 Å². The van der Waals surface area contributed by atoms with Crippen molar-refractivity contribution >= 4 is 24.0 Å². The van der Waals surface area contributed by atoms with E-state index in [4.69, 9.17) is 10.2 Å². The van der Waals surface area contributed by atoms with Gasteiger partial charge in [0.05, 0.1) is 12.8 Å². The summed E-state index contributed by atoms with van der Waals surface area (Å²) < 4.78 is 0. The molecule has 1 aliphatic heterocycles. The van der Waals surface area contributed by atoms with E-state index in [1.165, 1.54) is 0 Å². The number of imide groups is 1. The molecule has 4 amide bonds. The van der Waals surface area contributed by atoms with Gasteiger partial charge in [-0.25, -0.2) is 14.5 Å². The second-order valence-electron chi connectivity index (χ2n) is 4.13. The lowest BCUT2D eigenvalue weighted by Crippen LogP contribution is -2.65. The van der Waals surface area contributed by atoms with Crippen LogP contribution in [0.4, 0.5) is 9.59 Å². The van der Waals surface area contributed by atoms with Crippen molar-refractivity contribution in [3.05, 3.63) is 12.8 Å². The highest BCUT2D eigenvalue weighted by Gasteiger charge is 2.42. The van der Waals surface area contributed by atoms with Crippen molar-refractivity contribution in [2.24, 2.45) is 0 Å². The molecule has 0 aromatic heterocycles. The molecule has 1 fully saturated rings. The Morgan fingerprint density at radius 2 is 1.62 bits per heavy atom. The first kappa shape index (κ1) is 16.4. The predicted octanol–water partition coefficient (Wildman–Crippen LogP) is -0.485. The molecule has 0 spiro atoms. The Balaban J connectivity index is 2.94. The van der Waals surface area contributed by atoms with Crippen molar-refractivity contribution < 1.29 is 34.5 Å². The molecule has 0 aliphatic carbocycles. The van der Waals surface area contributed by atoms with Gasteiger partial charge in [0.1, 0.15) is 0 Å². The molecule has 0 aromatic carbocycles. The highest BCUT2D eigenvalue weighted by atomic mass is 16.4. The Morgan fingerprint density at radius 1 is 1.10 bits per heavy atom. The van der Waals surface area contributed by atoms with Crippen LogP contribution in [0.3, 0.4) is 0 Å². The van der Waals surface area contributed by atoms with Gasteiger partial charge in [-0.05, 0) is 0 Å². The molecule has 0 aromatic rings. The molecule has 116 valence electrons. The third-order valence-electron chi connectivity index (χ3n) is 2.77. The van der Waals surface area contributed by atoms with Crippen LogP contribution < -0.4 is 0 Å². The van der Waals surface area contributed by atoms with Crippen LogP contribution in [0.15, 0.2) is 12.8 Å². The Labute approximate surface area is 119 Å². The minimum atomic E-state index is -1.68. The fourth-order valence-corrected chi connectivity index (χ4v) is 1.72. The van der Waals surface area contributed by atoms with E-state index in [0.29, 0.717) is 9.80 Å². The highest BCUT2D eigenvalue weighted by Crippen LogP contribution is 2.19. The largest absolute Gasteiger partial charge is 0.481 e. The van der Waals surface area contributed by atoms with Crippen molar-refractivity contribution in [3.63, 3.8) is 0 Å². The first-order valence-corrected chi connectivity index (χ1v) is 5.94. The van der Waals surface area contributed by atoms with Crippen LogP contribution in [0, 0.1) is 0 Å². The maximum Gasteiger partial charge on any atom is 0.335 e. The number of nitrogens with zero attached hydrogens (tertiary/aromatic N) is 3. The van der Waals surface area contributed by atoms with Crippen LogP contribution in [-0.4, -0.2) is 73.5 Å². The van der Waals surface area contributed by atoms with Gasteiger partial charge in [-0.1, -0.05) is 6.58 Å². The number of hydrogen-bond acceptors (Lipinski definition) is 5. The van der Waals surface area contributed by atoms with Crippen LogP contribution in [0.25, 0.3) is 0 Å². The molecule has 10 nitrogen and oxygen atoms in total. The standard InChI is InChI=1S/C11H15N3O7/c1-2-12-9(19)13(5-3-7(15)16)11(21)14(10(12)20)6-4-8(17)18/h2,9,19H,1,3-6H2,(H,15,16)(H,17,18). The number of urea groups is 2. The number of carbonyl (C=O) groups is 4. The molecule has 1 atom stereocenters. The number of carboxylic acids is 2. The molecule has 1 heterocycles. The predicted molar refractivity (Wildman–Crippen MR) is 66.8 cm³/mol. The van der Waals surface area contributed by atoms with Gasteiger partial charge < -0.3 is 15.3 Å². The van der Waals surface area contributed by atoms with Gasteiger partial charge in [-0.2, -0.15) is 0 Å². The molecule has 1 rings (SSSR count). The van der Waals surface area contributed by atoms with Crippen molar-refractivity contribution in [3.8, 4) is 0 Å². The molecule has 0 radical (unpaired) electrons. The van der Waals surface area contributed by atoms with Crippen LogP contribution in [0.5, 0.6) is 0 Å². The topological polar surface area (TPSA) is 139 Å². The zero-order chi connectivity index (χ0) is 16.2. The number of carboxylic acid groups (broad SMARTS) is 2. The van der Waals surface area contributed by atoms with Gasteiger partial charge in [-0.3, -0.25) is 19.4 Å². The van der Waals surface area contributed by atoms with Gasteiger partial charge in [0.25, 0.3) is 0 Å². The maximum atomic E-state index is 12.1. The Morgan fingerprint density at radius 3 is 2.10 bits per heavy atom. The lowest BCUT2D eigenvalue weighted by Gasteiger charge is -2.42. The van der Waals surface area contributed by atoms with Gasteiger partial charge in [0.2, 0.25) is 6.35 Å². The molecule has 0 bridgehead atoms. The second kappa shape index (κ2) is 6.70. The summed E-state index contributed by atoms with van der Waals surface area (Å²) in [5, 5.41) is 27.1. The molecule has 1 aliphatic rings. The average Bonchev–Trinajstić information content (AvgIpc) is 2.38. The second-order valence-corrected chi connectivity index (χ2v) is 4.13. The van der Waals surface area contributed by atoms with Crippen LogP contribution in [0.2, 0.25) is 0 Å². The maximum absolute atomic E-state index is 12.1. The van der Waals surface area contributed by atoms with Gasteiger partial charge in [0, 0.05) is 19.3 Å². The summed E-state index contributed by atoms with van der Waals surface area (Å²) in [5.74, 6) is -2.39. The number of aliphatic carboxylic acids is 2. The highest BCUT2D eigenvalue weighted by molar-refractivity contribution is 5.96. The summed E-state index contributed by atoms with van der Waals surface area (Å²) in [7, 11) is 0. The van der Waals surface area contributed by atoms with Crippen LogP contribution >= 0.6 is 0 Å². The van der Waals surface area contributed by atoms with Gasteiger partial charge in [-0.15, -0.1) is 0 Å². The Bertz CT molecular complexity index is 478. The Hall–Kier alpha value is -2.62. The quantitative estimate of drug-likeness (QED) is 0.576. The lowest BCUT2D eigenvalue weighted by molar-refractivity contribution is -0.138. The summed E-state index contributed by atoms with van der Waals surface area (Å²) >= 11 is 0. The number of carbonyl (C=O) groups excluding carboxylic acids is 2. The van der Waals surface area contributed by atoms with Crippen LogP contribution in [0.1, 0.15) is 12.8 Å². The third-order valence-corrected chi connectivity index (χ3v) is 2.77. The van der Waals surface area contributed by atoms with E-state index in [9.17, 15) is 24.3 Å². The van der Waals surface area contributed by atoms with E-state index >= 15 is 0 Å². The molecule has 3 N–H and O–H groups in total. The van der Waals surface area contributed by atoms with Crippen molar-refractivity contribution in [2.45, 2.75) is 19.2 Å². The van der Waals surface area contributed by atoms with E-state index < -0.39 is 49.7 Å². The SMILES string of the molecule is C=CN1C(=O)N(CCC(=O)O)C(=O)N(CCC(=O)O)C1O. The number of aliphatic hydroxyl groups is 1. The van der Waals surface area contributed by atoms with E-state index in [1.54, 1.807) is 0 Å². The monoisotopic (exact) mass is 301 g/mol. The fourth-order valence-electron chi connectivity index (χ4n) is 1.72. The lowest BCUT2D eigenvalue weighted by atomic mass is 10.3. The first-order chi connectivity index (χ1) is 9.79. The molecule has 1 saturated heterocycles. The first-order valence-electron chi connectivity index (χ1n) is 5.94. The number of amides is 4. The van der Waals surface area contributed by atoms with Crippen molar-refractivity contribution in [1.29, 1.82) is 0 Å². The minimum Gasteiger partial charge on any atom is -0.481 e. The zero-order valence-electron chi connectivity index (χ0n) is 11.0. The van der Waals surface area contributed by atoms with E-state index in [2.05, 4.69) is 6.58 Å². The summed E-state index contributed by atoms with van der Waals surface area (Å²) in [5.41, 5.74) is 0. The minimum absolute atomic E-state index is 0.337. The zero-order valence-corrected chi connectivity index (χ0v) is 11.0. The summed E-state index contributed by atoms with van der Waals surface area (Å²) in [6, 6.07) is -1.87. The molecule has 21 heavy (non-hydrogen) atoms. The summed E-state index contributed by atoms with van der Waals surface area (Å²) in [4.78, 5) is 47.2. The summed E-state index contributed by atoms with van der Waals surface area (Å²) in [6.45, 7) is 2.59. The normalized spacial score (nSPS) is 18.9. The van der Waals surface area contributed by atoms with Gasteiger partial charge >= 0.3 is 24.0 Å². The molecular formula is C11H15N3O7. The molecule has 1 unspecified atom stereocenters. The molecular weight excluding hydrogens is 286 g/mol.